The molecular weight excluding hydrogens is 270 g/mol. The van der Waals surface area contributed by atoms with Crippen LogP contribution >= 0.6 is 0 Å². The maximum absolute atomic E-state index is 12.2. The van der Waals surface area contributed by atoms with Gasteiger partial charge in [0, 0.05) is 24.8 Å². The number of benzene rings is 1. The molecule has 0 saturated carbocycles. The Morgan fingerprint density at radius 2 is 2.10 bits per heavy atom. The number of primary amides is 1. The van der Waals surface area contributed by atoms with E-state index < -0.39 is 5.91 Å². The van der Waals surface area contributed by atoms with Crippen molar-refractivity contribution in [1.29, 1.82) is 0 Å². The molecule has 0 bridgehead atoms. The Labute approximate surface area is 124 Å². The highest BCUT2D eigenvalue weighted by molar-refractivity contribution is 5.84. The number of hydrogen-bond donors (Lipinski definition) is 2. The van der Waals surface area contributed by atoms with Gasteiger partial charge in [-0.25, -0.2) is 0 Å². The quantitative estimate of drug-likeness (QED) is 0.818. The molecule has 0 spiro atoms. The molecular formula is C15H21N3O3. The van der Waals surface area contributed by atoms with E-state index in [-0.39, 0.29) is 18.6 Å². The first-order valence-electron chi connectivity index (χ1n) is 7.13. The molecule has 1 aromatic rings. The molecule has 3 N–H and O–H groups in total. The van der Waals surface area contributed by atoms with Crippen LogP contribution < -0.4 is 15.8 Å². The smallest absolute Gasteiger partial charge is 0.255 e. The third-order valence-corrected chi connectivity index (χ3v) is 3.39. The highest BCUT2D eigenvalue weighted by atomic mass is 16.5. The van der Waals surface area contributed by atoms with E-state index in [9.17, 15) is 9.59 Å². The summed E-state index contributed by atoms with van der Waals surface area (Å²) < 4.78 is 5.24. The van der Waals surface area contributed by atoms with Crippen molar-refractivity contribution in [1.82, 2.24) is 4.90 Å². The number of rotatable bonds is 6. The Morgan fingerprint density at radius 3 is 2.76 bits per heavy atom. The molecule has 1 aromatic carbocycles. The Hall–Kier alpha value is -2.24. The SMILES string of the molecule is C[C@H](Nc1cccc(OCC(N)=O)c1)C(=O)N1CCCC1. The number of carbonyl (C=O) groups excluding carboxylic acids is 2. The fraction of sp³-hybridized carbons (Fsp3) is 0.467. The van der Waals surface area contributed by atoms with Gasteiger partial charge in [0.1, 0.15) is 11.8 Å². The van der Waals surface area contributed by atoms with E-state index in [2.05, 4.69) is 5.32 Å². The Bertz CT molecular complexity index is 513. The molecule has 1 saturated heterocycles. The lowest BCUT2D eigenvalue weighted by Crippen LogP contribution is -2.39. The van der Waals surface area contributed by atoms with Crippen LogP contribution in [-0.2, 0) is 9.59 Å². The van der Waals surface area contributed by atoms with Gasteiger partial charge in [-0.2, -0.15) is 0 Å². The molecule has 1 atom stereocenters. The first kappa shape index (κ1) is 15.2. The predicted octanol–water partition coefficient (Wildman–Crippen LogP) is 0.973. The molecule has 21 heavy (non-hydrogen) atoms. The Morgan fingerprint density at radius 1 is 1.38 bits per heavy atom. The number of carbonyl (C=O) groups is 2. The molecule has 1 fully saturated rings. The summed E-state index contributed by atoms with van der Waals surface area (Å²) in [5.41, 5.74) is 5.81. The zero-order valence-corrected chi connectivity index (χ0v) is 12.2. The molecule has 114 valence electrons. The van der Waals surface area contributed by atoms with Crippen LogP contribution in [0.3, 0.4) is 0 Å². The van der Waals surface area contributed by atoms with Crippen molar-refractivity contribution in [3.8, 4) is 5.75 Å². The van der Waals surface area contributed by atoms with Gasteiger partial charge in [0.2, 0.25) is 5.91 Å². The van der Waals surface area contributed by atoms with Crippen LogP contribution in [0.25, 0.3) is 0 Å². The van der Waals surface area contributed by atoms with Crippen molar-refractivity contribution in [2.45, 2.75) is 25.8 Å². The van der Waals surface area contributed by atoms with E-state index in [4.69, 9.17) is 10.5 Å². The van der Waals surface area contributed by atoms with Gasteiger partial charge >= 0.3 is 0 Å². The number of ether oxygens (including phenoxy) is 1. The van der Waals surface area contributed by atoms with Crippen LogP contribution in [0, 0.1) is 0 Å². The van der Waals surface area contributed by atoms with E-state index in [1.54, 1.807) is 18.2 Å². The number of nitrogens with two attached hydrogens (primary N) is 1. The number of nitrogens with zero attached hydrogens (tertiary/aromatic N) is 1. The Balaban J connectivity index is 1.93. The van der Waals surface area contributed by atoms with Crippen LogP contribution in [0.2, 0.25) is 0 Å². The molecule has 0 aromatic heterocycles. The second kappa shape index (κ2) is 6.97. The minimum Gasteiger partial charge on any atom is -0.484 e. The van der Waals surface area contributed by atoms with Crippen LogP contribution in [-0.4, -0.2) is 42.5 Å². The summed E-state index contributed by atoms with van der Waals surface area (Å²) in [7, 11) is 0. The highest BCUT2D eigenvalue weighted by Gasteiger charge is 2.22. The van der Waals surface area contributed by atoms with Crippen molar-refractivity contribution < 1.29 is 14.3 Å². The average Bonchev–Trinajstić information content (AvgIpc) is 2.98. The molecule has 1 aliphatic heterocycles. The Kier molecular flexibility index (Phi) is 5.03. The summed E-state index contributed by atoms with van der Waals surface area (Å²) in [4.78, 5) is 24.8. The first-order valence-corrected chi connectivity index (χ1v) is 7.13. The molecule has 6 heteroatoms. The van der Waals surface area contributed by atoms with Crippen molar-refractivity contribution in [3.05, 3.63) is 24.3 Å². The summed E-state index contributed by atoms with van der Waals surface area (Å²) >= 11 is 0. The van der Waals surface area contributed by atoms with Gasteiger partial charge in [-0.3, -0.25) is 9.59 Å². The molecule has 2 rings (SSSR count). The van der Waals surface area contributed by atoms with Gasteiger partial charge in [0.05, 0.1) is 0 Å². The fourth-order valence-electron chi connectivity index (χ4n) is 2.35. The van der Waals surface area contributed by atoms with E-state index >= 15 is 0 Å². The van der Waals surface area contributed by atoms with E-state index in [0.717, 1.165) is 31.6 Å². The summed E-state index contributed by atoms with van der Waals surface area (Å²) in [6.45, 7) is 3.36. The predicted molar refractivity (Wildman–Crippen MR) is 80.0 cm³/mol. The minimum atomic E-state index is -0.522. The molecule has 1 heterocycles. The van der Waals surface area contributed by atoms with Gasteiger partial charge in [-0.15, -0.1) is 0 Å². The topological polar surface area (TPSA) is 84.7 Å². The lowest BCUT2D eigenvalue weighted by Gasteiger charge is -2.22. The largest absolute Gasteiger partial charge is 0.484 e. The van der Waals surface area contributed by atoms with Gasteiger partial charge in [-0.1, -0.05) is 6.07 Å². The highest BCUT2D eigenvalue weighted by Crippen LogP contribution is 2.19. The normalized spacial score (nSPS) is 15.6. The second-order valence-electron chi connectivity index (χ2n) is 5.18. The third-order valence-electron chi connectivity index (χ3n) is 3.39. The molecule has 6 nitrogen and oxygen atoms in total. The fourth-order valence-corrected chi connectivity index (χ4v) is 2.35. The monoisotopic (exact) mass is 291 g/mol. The van der Waals surface area contributed by atoms with Gasteiger partial charge in [0.25, 0.3) is 5.91 Å². The zero-order chi connectivity index (χ0) is 15.2. The van der Waals surface area contributed by atoms with Gasteiger partial charge < -0.3 is 20.7 Å². The number of hydrogen-bond acceptors (Lipinski definition) is 4. The number of likely N-dealkylation sites (tertiary alicyclic amines) is 1. The number of anilines is 1. The van der Waals surface area contributed by atoms with Crippen LogP contribution in [0.15, 0.2) is 24.3 Å². The van der Waals surface area contributed by atoms with Gasteiger partial charge in [0.15, 0.2) is 6.61 Å². The molecule has 0 radical (unpaired) electrons. The van der Waals surface area contributed by atoms with Crippen LogP contribution in [0.4, 0.5) is 5.69 Å². The number of nitrogens with one attached hydrogen (secondary N) is 1. The van der Waals surface area contributed by atoms with Gasteiger partial charge in [-0.05, 0) is 31.9 Å². The third kappa shape index (κ3) is 4.37. The molecule has 2 amide bonds. The minimum absolute atomic E-state index is 0.107. The number of amides is 2. The van der Waals surface area contributed by atoms with Crippen molar-refractivity contribution in [3.63, 3.8) is 0 Å². The van der Waals surface area contributed by atoms with Crippen LogP contribution in [0.1, 0.15) is 19.8 Å². The zero-order valence-electron chi connectivity index (χ0n) is 12.2. The summed E-state index contributed by atoms with van der Waals surface area (Å²) in [6.07, 6.45) is 2.16. The first-order chi connectivity index (χ1) is 10.1. The summed E-state index contributed by atoms with van der Waals surface area (Å²) in [5, 5.41) is 3.16. The standard InChI is InChI=1S/C15H21N3O3/c1-11(15(20)18-7-2-3-8-18)17-12-5-4-6-13(9-12)21-10-14(16)19/h4-6,9,11,17H,2-3,7-8,10H2,1H3,(H2,16,19)/t11-/m0/s1. The second-order valence-corrected chi connectivity index (χ2v) is 5.18. The molecule has 0 unspecified atom stereocenters. The molecule has 1 aliphatic rings. The maximum Gasteiger partial charge on any atom is 0.255 e. The summed E-state index contributed by atoms with van der Waals surface area (Å²) in [5.74, 6) is 0.126. The summed E-state index contributed by atoms with van der Waals surface area (Å²) in [6, 6.07) is 6.84. The lowest BCUT2D eigenvalue weighted by molar-refractivity contribution is -0.130. The van der Waals surface area contributed by atoms with Crippen molar-refractivity contribution in [2.75, 3.05) is 25.0 Å². The maximum atomic E-state index is 12.2. The molecule has 0 aliphatic carbocycles. The van der Waals surface area contributed by atoms with E-state index in [1.165, 1.54) is 0 Å². The average molecular weight is 291 g/mol. The van der Waals surface area contributed by atoms with Crippen molar-refractivity contribution in [2.24, 2.45) is 5.73 Å². The van der Waals surface area contributed by atoms with Crippen molar-refractivity contribution >= 4 is 17.5 Å². The van der Waals surface area contributed by atoms with E-state index in [0.29, 0.717) is 5.75 Å². The lowest BCUT2D eigenvalue weighted by atomic mass is 10.2. The van der Waals surface area contributed by atoms with E-state index in [1.807, 2.05) is 17.9 Å². The van der Waals surface area contributed by atoms with Crippen LogP contribution in [0.5, 0.6) is 5.75 Å².